The van der Waals surface area contributed by atoms with Crippen molar-refractivity contribution in [3.8, 4) is 5.75 Å². The quantitative estimate of drug-likeness (QED) is 0.852. The van der Waals surface area contributed by atoms with Crippen LogP contribution in [0.25, 0.3) is 11.4 Å². The van der Waals surface area contributed by atoms with Gasteiger partial charge in [0, 0.05) is 11.6 Å². The summed E-state index contributed by atoms with van der Waals surface area (Å²) in [6.45, 7) is 1.78. The van der Waals surface area contributed by atoms with Gasteiger partial charge in [0.1, 0.15) is 11.9 Å². The minimum absolute atomic E-state index is 0.0653. The van der Waals surface area contributed by atoms with Gasteiger partial charge < -0.3 is 10.1 Å². The molecule has 0 bridgehead atoms. The van der Waals surface area contributed by atoms with Crippen molar-refractivity contribution in [3.05, 3.63) is 40.8 Å². The van der Waals surface area contributed by atoms with Gasteiger partial charge in [0.15, 0.2) is 0 Å². The molecule has 4 heteroatoms. The van der Waals surface area contributed by atoms with Crippen molar-refractivity contribution in [1.29, 1.82) is 0 Å². The van der Waals surface area contributed by atoms with Crippen molar-refractivity contribution in [3.63, 3.8) is 0 Å². The van der Waals surface area contributed by atoms with Gasteiger partial charge in [-0.2, -0.15) is 0 Å². The Morgan fingerprint density at radius 1 is 1.28 bits per heavy atom. The van der Waals surface area contributed by atoms with Gasteiger partial charge in [-0.05, 0) is 31.0 Å². The third-order valence-corrected chi connectivity index (χ3v) is 3.33. The van der Waals surface area contributed by atoms with E-state index in [1.165, 1.54) is 0 Å². The molecule has 1 fully saturated rings. The molecule has 94 valence electrons. The van der Waals surface area contributed by atoms with E-state index in [1.807, 2.05) is 24.3 Å². The van der Waals surface area contributed by atoms with Gasteiger partial charge in [0.2, 0.25) is 0 Å². The van der Waals surface area contributed by atoms with Crippen LogP contribution in [0.2, 0.25) is 0 Å². The van der Waals surface area contributed by atoms with Crippen LogP contribution >= 0.6 is 0 Å². The Morgan fingerprint density at radius 2 is 2.11 bits per heavy atom. The Labute approximate surface area is 106 Å². The molecule has 3 rings (SSSR count). The molecule has 0 unspecified atom stereocenters. The largest absolute Gasteiger partial charge is 0.662 e. The Kier molecular flexibility index (Phi) is 3.13. The summed E-state index contributed by atoms with van der Waals surface area (Å²) in [5.74, 6) is 0.913. The van der Waals surface area contributed by atoms with Crippen molar-refractivity contribution in [2.24, 2.45) is 0 Å². The van der Waals surface area contributed by atoms with E-state index >= 15 is 0 Å². The second-order valence-electron chi connectivity index (χ2n) is 4.63. The fourth-order valence-corrected chi connectivity index (χ4v) is 2.34. The van der Waals surface area contributed by atoms with Crippen molar-refractivity contribution < 1.29 is 14.8 Å². The minimum atomic E-state index is 0.0653. The number of fused-ring (bicyclic) bond motifs is 1. The lowest BCUT2D eigenvalue weighted by atomic mass is 10.0. The molecule has 2 aliphatic heterocycles. The average Bonchev–Trinajstić information content (AvgIpc) is 2.40. The molecular formula is C14H16N2O2. The van der Waals surface area contributed by atoms with Crippen molar-refractivity contribution in [1.82, 2.24) is 0 Å². The van der Waals surface area contributed by atoms with Gasteiger partial charge in [-0.3, -0.25) is 5.32 Å². The van der Waals surface area contributed by atoms with E-state index in [2.05, 4.69) is 5.32 Å². The molecule has 1 saturated heterocycles. The van der Waals surface area contributed by atoms with Gasteiger partial charge in [-0.15, -0.1) is 13.1 Å². The standard InChI is InChI=1S/C14H15N2O2/c17-14-13-2-1-12(9-10(13)3-8-16-14)18-11-4-6-15-7-5-11/h1-3,8-9,11H,4-7H2,(H,16,17)/q-1/p+1. The number of carbonyl (C=O) groups excluding carboxylic acids is 1. The van der Waals surface area contributed by atoms with Gasteiger partial charge >= 0.3 is 5.91 Å². The van der Waals surface area contributed by atoms with Crippen molar-refractivity contribution >= 4 is 12.0 Å². The molecule has 0 saturated carbocycles. The summed E-state index contributed by atoms with van der Waals surface area (Å²) in [5, 5.41) is 5.90. The highest BCUT2D eigenvalue weighted by molar-refractivity contribution is 5.93. The molecule has 0 aliphatic carbocycles. The highest BCUT2D eigenvalue weighted by Gasteiger charge is 2.18. The summed E-state index contributed by atoms with van der Waals surface area (Å²) in [5.41, 5.74) is 1.70. The van der Waals surface area contributed by atoms with Crippen molar-refractivity contribution in [2.45, 2.75) is 18.9 Å². The molecular weight excluding hydrogens is 228 g/mol. The summed E-state index contributed by atoms with van der Waals surface area (Å²) in [6, 6.07) is 5.68. The molecule has 2 aliphatic rings. The second kappa shape index (κ2) is 4.92. The number of nitrogens with two attached hydrogens (primary N) is 1. The number of benzene rings is 1. The zero-order chi connectivity index (χ0) is 12.4. The van der Waals surface area contributed by atoms with Crippen LogP contribution in [-0.4, -0.2) is 25.1 Å². The zero-order valence-electron chi connectivity index (χ0n) is 10.1. The SMILES string of the molecule is O=C1[NH2+]C=Cc2cc(OC3CC[N-]CC3)ccc21. The van der Waals surface area contributed by atoms with Crippen LogP contribution in [-0.2, 0) is 0 Å². The van der Waals surface area contributed by atoms with Crippen LogP contribution < -0.4 is 10.1 Å². The number of piperidine rings is 1. The van der Waals surface area contributed by atoms with E-state index in [0.717, 1.165) is 42.8 Å². The van der Waals surface area contributed by atoms with Crippen LogP contribution in [0.15, 0.2) is 24.4 Å². The monoisotopic (exact) mass is 244 g/mol. The Morgan fingerprint density at radius 3 is 2.94 bits per heavy atom. The first-order valence-corrected chi connectivity index (χ1v) is 6.32. The maximum Gasteiger partial charge on any atom is 0.347 e. The number of carbonyl (C=O) groups is 1. The molecule has 2 N–H and O–H groups in total. The highest BCUT2D eigenvalue weighted by Crippen LogP contribution is 2.23. The van der Waals surface area contributed by atoms with E-state index < -0.39 is 0 Å². The first kappa shape index (κ1) is 11.4. The number of amides is 1. The molecule has 0 radical (unpaired) electrons. The molecule has 1 amide bonds. The van der Waals surface area contributed by atoms with Crippen LogP contribution in [0.4, 0.5) is 0 Å². The van der Waals surface area contributed by atoms with Crippen LogP contribution in [0.1, 0.15) is 28.8 Å². The number of quaternary nitrogens is 1. The molecule has 0 aromatic heterocycles. The molecule has 18 heavy (non-hydrogen) atoms. The Balaban J connectivity index is 1.78. The summed E-state index contributed by atoms with van der Waals surface area (Å²) < 4.78 is 5.94. The highest BCUT2D eigenvalue weighted by atomic mass is 16.5. The zero-order valence-corrected chi connectivity index (χ0v) is 10.1. The summed E-state index contributed by atoms with van der Waals surface area (Å²) >= 11 is 0. The number of nitrogens with zero attached hydrogens (tertiary/aromatic N) is 1. The molecule has 0 atom stereocenters. The van der Waals surface area contributed by atoms with Crippen LogP contribution in [0.3, 0.4) is 0 Å². The number of rotatable bonds is 2. The van der Waals surface area contributed by atoms with Crippen molar-refractivity contribution in [2.75, 3.05) is 13.1 Å². The van der Waals surface area contributed by atoms with E-state index in [9.17, 15) is 4.79 Å². The third kappa shape index (κ3) is 2.30. The lowest BCUT2D eigenvalue weighted by Gasteiger charge is -2.32. The molecule has 1 aromatic rings. The lowest BCUT2D eigenvalue weighted by Crippen LogP contribution is -2.83. The van der Waals surface area contributed by atoms with Gasteiger partial charge in [-0.25, -0.2) is 4.79 Å². The number of ether oxygens (including phenoxy) is 1. The fourth-order valence-electron chi connectivity index (χ4n) is 2.34. The normalized spacial score (nSPS) is 19.7. The Hall–Kier alpha value is -1.65. The predicted molar refractivity (Wildman–Crippen MR) is 68.5 cm³/mol. The maximum atomic E-state index is 11.6. The van der Waals surface area contributed by atoms with E-state index in [0.29, 0.717) is 0 Å². The molecule has 1 aromatic carbocycles. The predicted octanol–water partition coefficient (Wildman–Crippen LogP) is 1.29. The van der Waals surface area contributed by atoms with E-state index in [1.54, 1.807) is 11.5 Å². The minimum Gasteiger partial charge on any atom is -0.662 e. The second-order valence-corrected chi connectivity index (χ2v) is 4.63. The first-order chi connectivity index (χ1) is 8.83. The van der Waals surface area contributed by atoms with Gasteiger partial charge in [-0.1, -0.05) is 0 Å². The van der Waals surface area contributed by atoms with Crippen LogP contribution in [0.5, 0.6) is 5.75 Å². The van der Waals surface area contributed by atoms with Crippen LogP contribution in [0, 0.1) is 0 Å². The third-order valence-electron chi connectivity index (χ3n) is 3.33. The smallest absolute Gasteiger partial charge is 0.347 e. The molecule has 0 spiro atoms. The summed E-state index contributed by atoms with van der Waals surface area (Å²) in [6.07, 6.45) is 5.96. The fraction of sp³-hybridized carbons (Fsp3) is 0.357. The topological polar surface area (TPSA) is 57.0 Å². The molecule has 2 heterocycles. The number of hydrogen-bond acceptors (Lipinski definition) is 2. The van der Waals surface area contributed by atoms with E-state index in [4.69, 9.17) is 4.74 Å². The lowest BCUT2D eigenvalue weighted by molar-refractivity contribution is -0.480. The number of hydrogen-bond donors (Lipinski definition) is 1. The van der Waals surface area contributed by atoms with E-state index in [-0.39, 0.29) is 12.0 Å². The van der Waals surface area contributed by atoms with Gasteiger partial charge in [0.05, 0.1) is 11.7 Å². The number of primary amides is 1. The first-order valence-electron chi connectivity index (χ1n) is 6.32. The average molecular weight is 244 g/mol. The Bertz CT molecular complexity index is 491. The summed E-state index contributed by atoms with van der Waals surface area (Å²) in [7, 11) is 0. The van der Waals surface area contributed by atoms with Gasteiger partial charge in [0.25, 0.3) is 0 Å². The molecule has 4 nitrogen and oxygen atoms in total. The maximum absolute atomic E-state index is 11.6. The summed E-state index contributed by atoms with van der Waals surface area (Å²) in [4.78, 5) is 11.6.